The predicted octanol–water partition coefficient (Wildman–Crippen LogP) is 2.76. The van der Waals surface area contributed by atoms with Crippen LogP contribution in [0, 0.1) is 0 Å². The van der Waals surface area contributed by atoms with Crippen molar-refractivity contribution in [3.05, 3.63) is 36.2 Å². The SMILES string of the molecule is COc1cc(Nc2cncc(C(=O)NCC3CCCO3)c2)cc(OC)c1OC. The molecule has 28 heavy (non-hydrogen) atoms. The van der Waals surface area contributed by atoms with Crippen LogP contribution in [0.3, 0.4) is 0 Å². The maximum atomic E-state index is 12.4. The van der Waals surface area contributed by atoms with E-state index in [0.29, 0.717) is 40.7 Å². The van der Waals surface area contributed by atoms with Crippen molar-refractivity contribution in [3.63, 3.8) is 0 Å². The van der Waals surface area contributed by atoms with Crippen LogP contribution in [0.2, 0.25) is 0 Å². The zero-order valence-electron chi connectivity index (χ0n) is 16.3. The molecule has 3 rings (SSSR count). The molecule has 150 valence electrons. The van der Waals surface area contributed by atoms with Gasteiger partial charge in [-0.2, -0.15) is 0 Å². The smallest absolute Gasteiger partial charge is 0.253 e. The van der Waals surface area contributed by atoms with Gasteiger partial charge in [-0.3, -0.25) is 9.78 Å². The van der Waals surface area contributed by atoms with Crippen molar-refractivity contribution in [1.29, 1.82) is 0 Å². The third-order valence-electron chi connectivity index (χ3n) is 4.47. The molecule has 1 aliphatic rings. The fourth-order valence-corrected chi connectivity index (χ4v) is 3.07. The van der Waals surface area contributed by atoms with Gasteiger partial charge in [-0.05, 0) is 18.9 Å². The van der Waals surface area contributed by atoms with Crippen LogP contribution >= 0.6 is 0 Å². The molecule has 1 amide bonds. The molecule has 0 saturated carbocycles. The zero-order valence-corrected chi connectivity index (χ0v) is 16.3. The second-order valence-electron chi connectivity index (χ2n) is 6.35. The molecule has 2 aromatic rings. The molecule has 8 nitrogen and oxygen atoms in total. The van der Waals surface area contributed by atoms with Gasteiger partial charge >= 0.3 is 0 Å². The summed E-state index contributed by atoms with van der Waals surface area (Å²) in [4.78, 5) is 16.6. The molecule has 0 aliphatic carbocycles. The molecule has 1 atom stereocenters. The lowest BCUT2D eigenvalue weighted by molar-refractivity contribution is 0.0857. The number of aromatic nitrogens is 1. The molecular weight excluding hydrogens is 362 g/mol. The number of hydrogen-bond donors (Lipinski definition) is 2. The lowest BCUT2D eigenvalue weighted by atomic mass is 10.2. The molecule has 0 bridgehead atoms. The maximum Gasteiger partial charge on any atom is 0.253 e. The van der Waals surface area contributed by atoms with Gasteiger partial charge in [0.15, 0.2) is 11.5 Å². The summed E-state index contributed by atoms with van der Waals surface area (Å²) < 4.78 is 21.6. The highest BCUT2D eigenvalue weighted by atomic mass is 16.5. The number of carbonyl (C=O) groups excluding carboxylic acids is 1. The van der Waals surface area contributed by atoms with E-state index in [1.807, 2.05) is 0 Å². The van der Waals surface area contributed by atoms with Gasteiger partial charge in [0.2, 0.25) is 5.75 Å². The third kappa shape index (κ3) is 4.64. The minimum absolute atomic E-state index is 0.0949. The number of methoxy groups -OCH3 is 3. The molecule has 2 N–H and O–H groups in total. The summed E-state index contributed by atoms with van der Waals surface area (Å²) in [6, 6.07) is 5.30. The van der Waals surface area contributed by atoms with Crippen LogP contribution in [0.1, 0.15) is 23.2 Å². The number of anilines is 2. The van der Waals surface area contributed by atoms with Gasteiger partial charge in [-0.15, -0.1) is 0 Å². The molecule has 0 spiro atoms. The highest BCUT2D eigenvalue weighted by Crippen LogP contribution is 2.40. The summed E-state index contributed by atoms with van der Waals surface area (Å²) in [6.07, 6.45) is 5.28. The number of carbonyl (C=O) groups is 1. The molecule has 2 heterocycles. The Morgan fingerprint density at radius 2 is 1.86 bits per heavy atom. The van der Waals surface area contributed by atoms with E-state index >= 15 is 0 Å². The van der Waals surface area contributed by atoms with E-state index in [9.17, 15) is 4.79 Å². The Morgan fingerprint density at radius 1 is 1.11 bits per heavy atom. The predicted molar refractivity (Wildman–Crippen MR) is 105 cm³/mol. The lowest BCUT2D eigenvalue weighted by Crippen LogP contribution is -2.31. The lowest BCUT2D eigenvalue weighted by Gasteiger charge is -2.15. The number of rotatable bonds is 8. The normalized spacial score (nSPS) is 15.8. The van der Waals surface area contributed by atoms with Gasteiger partial charge in [0.05, 0.1) is 44.9 Å². The first kappa shape index (κ1) is 19.8. The number of pyridine rings is 1. The van der Waals surface area contributed by atoms with Crippen LogP contribution in [0.15, 0.2) is 30.6 Å². The van der Waals surface area contributed by atoms with E-state index in [1.165, 1.54) is 6.20 Å². The molecule has 1 saturated heterocycles. The van der Waals surface area contributed by atoms with Crippen molar-refractivity contribution in [2.45, 2.75) is 18.9 Å². The number of nitrogens with one attached hydrogen (secondary N) is 2. The average molecular weight is 387 g/mol. The van der Waals surface area contributed by atoms with Crippen LogP contribution < -0.4 is 24.8 Å². The standard InChI is InChI=1S/C20H25N3O5/c1-25-17-8-14(9-18(26-2)19(17)27-3)23-15-7-13(10-21-11-15)20(24)22-12-16-5-4-6-28-16/h7-11,16,23H,4-6,12H2,1-3H3,(H,22,24). The van der Waals surface area contributed by atoms with Gasteiger partial charge in [-0.1, -0.05) is 0 Å². The monoisotopic (exact) mass is 387 g/mol. The first-order valence-corrected chi connectivity index (χ1v) is 9.06. The number of benzene rings is 1. The van der Waals surface area contributed by atoms with Crippen LogP contribution in [0.25, 0.3) is 0 Å². The van der Waals surface area contributed by atoms with E-state index in [1.54, 1.807) is 45.7 Å². The summed E-state index contributed by atoms with van der Waals surface area (Å²) >= 11 is 0. The summed E-state index contributed by atoms with van der Waals surface area (Å²) in [6.45, 7) is 1.26. The summed E-state index contributed by atoms with van der Waals surface area (Å²) in [5, 5.41) is 6.11. The van der Waals surface area contributed by atoms with Crippen molar-refractivity contribution in [2.24, 2.45) is 0 Å². The fourth-order valence-electron chi connectivity index (χ4n) is 3.07. The van der Waals surface area contributed by atoms with Crippen LogP contribution in [0.4, 0.5) is 11.4 Å². The minimum Gasteiger partial charge on any atom is -0.493 e. The molecular formula is C20H25N3O5. The van der Waals surface area contributed by atoms with Gasteiger partial charge in [0.1, 0.15) is 0 Å². The highest BCUT2D eigenvalue weighted by Gasteiger charge is 2.17. The first-order chi connectivity index (χ1) is 13.6. The molecule has 1 aliphatic heterocycles. The molecule has 1 aromatic heterocycles. The van der Waals surface area contributed by atoms with Crippen molar-refractivity contribution in [1.82, 2.24) is 10.3 Å². The number of amides is 1. The van der Waals surface area contributed by atoms with Gasteiger partial charge in [0, 0.05) is 37.2 Å². The largest absolute Gasteiger partial charge is 0.493 e. The second-order valence-corrected chi connectivity index (χ2v) is 6.35. The van der Waals surface area contributed by atoms with Crippen molar-refractivity contribution >= 4 is 17.3 Å². The molecule has 0 radical (unpaired) electrons. The fraction of sp³-hybridized carbons (Fsp3) is 0.400. The summed E-state index contributed by atoms with van der Waals surface area (Å²) in [5.74, 6) is 1.39. The Hall–Kier alpha value is -3.00. The number of hydrogen-bond acceptors (Lipinski definition) is 7. The van der Waals surface area contributed by atoms with Crippen molar-refractivity contribution in [2.75, 3.05) is 39.8 Å². The first-order valence-electron chi connectivity index (χ1n) is 9.06. The summed E-state index contributed by atoms with van der Waals surface area (Å²) in [7, 11) is 4.67. The number of nitrogens with zero attached hydrogens (tertiary/aromatic N) is 1. The Bertz CT molecular complexity index is 796. The van der Waals surface area contributed by atoms with Crippen LogP contribution in [-0.2, 0) is 4.74 Å². The molecule has 8 heteroatoms. The maximum absolute atomic E-state index is 12.4. The Labute approximate surface area is 164 Å². The quantitative estimate of drug-likeness (QED) is 0.720. The van der Waals surface area contributed by atoms with E-state index in [0.717, 1.165) is 19.4 Å². The van der Waals surface area contributed by atoms with Gasteiger partial charge in [0.25, 0.3) is 5.91 Å². The Kier molecular flexibility index (Phi) is 6.54. The molecule has 1 fully saturated rings. The van der Waals surface area contributed by atoms with E-state index in [2.05, 4.69) is 15.6 Å². The number of ether oxygens (including phenoxy) is 4. The molecule has 1 unspecified atom stereocenters. The van der Waals surface area contributed by atoms with Crippen LogP contribution in [0.5, 0.6) is 17.2 Å². The topological polar surface area (TPSA) is 90.9 Å². The van der Waals surface area contributed by atoms with Gasteiger partial charge < -0.3 is 29.6 Å². The van der Waals surface area contributed by atoms with E-state index in [4.69, 9.17) is 18.9 Å². The summed E-state index contributed by atoms with van der Waals surface area (Å²) in [5.41, 5.74) is 1.85. The Balaban J connectivity index is 1.72. The van der Waals surface area contributed by atoms with E-state index in [-0.39, 0.29) is 12.0 Å². The minimum atomic E-state index is -0.184. The average Bonchev–Trinajstić information content (AvgIpc) is 3.25. The van der Waals surface area contributed by atoms with E-state index < -0.39 is 0 Å². The zero-order chi connectivity index (χ0) is 19.9. The highest BCUT2D eigenvalue weighted by molar-refractivity contribution is 5.94. The van der Waals surface area contributed by atoms with Crippen LogP contribution in [-0.4, -0.2) is 51.5 Å². The van der Waals surface area contributed by atoms with Crippen molar-refractivity contribution in [3.8, 4) is 17.2 Å². The third-order valence-corrected chi connectivity index (χ3v) is 4.47. The Morgan fingerprint density at radius 3 is 2.46 bits per heavy atom. The van der Waals surface area contributed by atoms with Crippen molar-refractivity contribution < 1.29 is 23.7 Å². The molecule has 1 aromatic carbocycles. The second kappa shape index (κ2) is 9.27. The van der Waals surface area contributed by atoms with Gasteiger partial charge in [-0.25, -0.2) is 0 Å².